The van der Waals surface area contributed by atoms with Crippen molar-refractivity contribution in [1.29, 1.82) is 0 Å². The number of carbonyl (C=O) groups is 1. The molecule has 0 saturated heterocycles. The van der Waals surface area contributed by atoms with Gasteiger partial charge < -0.3 is 0 Å². The second-order valence-corrected chi connectivity index (χ2v) is 5.51. The molecule has 0 spiro atoms. The minimum atomic E-state index is 0.0442. The van der Waals surface area contributed by atoms with Gasteiger partial charge in [-0.2, -0.15) is 0 Å². The topological polar surface area (TPSA) is 29.4 Å². The molecule has 14 heavy (non-hydrogen) atoms. The summed E-state index contributed by atoms with van der Waals surface area (Å²) in [5.74, 6) is 0. The normalized spacial score (nSPS) is 19.1. The lowest BCUT2D eigenvalue weighted by Crippen LogP contribution is -1.86. The standard InChI is InChI=1S/C9H7NOS3/c1-12-9-10-7(8(11)14-9)5-6-3-2-4-13-6/h2-5H,1H3. The van der Waals surface area contributed by atoms with Crippen LogP contribution in [0.25, 0.3) is 6.08 Å². The zero-order valence-electron chi connectivity index (χ0n) is 7.39. The molecule has 0 aromatic carbocycles. The Morgan fingerprint density at radius 2 is 2.43 bits per heavy atom. The van der Waals surface area contributed by atoms with E-state index in [4.69, 9.17) is 0 Å². The number of aliphatic imine (C=N–C) groups is 1. The molecule has 0 saturated carbocycles. The highest BCUT2D eigenvalue weighted by molar-refractivity contribution is 8.45. The summed E-state index contributed by atoms with van der Waals surface area (Å²) in [7, 11) is 0. The van der Waals surface area contributed by atoms with Gasteiger partial charge in [0, 0.05) is 4.88 Å². The summed E-state index contributed by atoms with van der Waals surface area (Å²) in [6.07, 6.45) is 3.76. The molecule has 0 aliphatic carbocycles. The second-order valence-electron chi connectivity index (χ2n) is 2.52. The molecular formula is C9H7NOS3. The van der Waals surface area contributed by atoms with Gasteiger partial charge in [-0.05, 0) is 35.5 Å². The van der Waals surface area contributed by atoms with Gasteiger partial charge in [0.15, 0.2) is 0 Å². The Morgan fingerprint density at radius 3 is 3.00 bits per heavy atom. The first-order valence-corrected chi connectivity index (χ1v) is 6.82. The van der Waals surface area contributed by atoms with Crippen LogP contribution in [-0.4, -0.2) is 15.7 Å². The van der Waals surface area contributed by atoms with Gasteiger partial charge in [0.1, 0.15) is 10.1 Å². The van der Waals surface area contributed by atoms with E-state index < -0.39 is 0 Å². The molecular weight excluding hydrogens is 234 g/mol. The number of thioether (sulfide) groups is 2. The predicted molar refractivity (Wildman–Crippen MR) is 65.8 cm³/mol. The summed E-state index contributed by atoms with van der Waals surface area (Å²) in [5.41, 5.74) is 0.557. The molecule has 0 amide bonds. The van der Waals surface area contributed by atoms with Gasteiger partial charge >= 0.3 is 0 Å². The van der Waals surface area contributed by atoms with Crippen LogP contribution in [0, 0.1) is 0 Å². The third-order valence-corrected chi connectivity index (χ3v) is 4.27. The summed E-state index contributed by atoms with van der Waals surface area (Å²) in [6, 6.07) is 3.94. The summed E-state index contributed by atoms with van der Waals surface area (Å²) in [4.78, 5) is 16.7. The third-order valence-electron chi connectivity index (χ3n) is 1.60. The molecule has 2 heterocycles. The van der Waals surface area contributed by atoms with Crippen LogP contribution in [0.15, 0.2) is 28.2 Å². The van der Waals surface area contributed by atoms with Gasteiger partial charge in [0.2, 0.25) is 5.12 Å². The van der Waals surface area contributed by atoms with E-state index in [-0.39, 0.29) is 5.12 Å². The molecule has 0 radical (unpaired) electrons. The van der Waals surface area contributed by atoms with Crippen LogP contribution < -0.4 is 0 Å². The maximum Gasteiger partial charge on any atom is 0.244 e. The fourth-order valence-corrected chi connectivity index (χ4v) is 2.90. The van der Waals surface area contributed by atoms with E-state index in [1.807, 2.05) is 29.8 Å². The Balaban J connectivity index is 2.27. The van der Waals surface area contributed by atoms with Crippen molar-refractivity contribution in [2.24, 2.45) is 4.99 Å². The molecule has 0 unspecified atom stereocenters. The Labute approximate surface area is 94.5 Å². The molecule has 0 N–H and O–H groups in total. The van der Waals surface area contributed by atoms with Crippen molar-refractivity contribution in [3.8, 4) is 0 Å². The maximum atomic E-state index is 11.4. The largest absolute Gasteiger partial charge is 0.279 e. The monoisotopic (exact) mass is 241 g/mol. The van der Waals surface area contributed by atoms with Gasteiger partial charge in [-0.25, -0.2) is 4.99 Å². The summed E-state index contributed by atoms with van der Waals surface area (Å²) in [5, 5.41) is 2.03. The van der Waals surface area contributed by atoms with Crippen molar-refractivity contribution in [3.05, 3.63) is 28.1 Å². The zero-order valence-corrected chi connectivity index (χ0v) is 9.84. The highest BCUT2D eigenvalue weighted by Crippen LogP contribution is 2.30. The van der Waals surface area contributed by atoms with Gasteiger partial charge in [0.05, 0.1) is 0 Å². The quantitative estimate of drug-likeness (QED) is 0.708. The second kappa shape index (κ2) is 4.33. The molecule has 2 rings (SSSR count). The van der Waals surface area contributed by atoms with Gasteiger partial charge in [-0.3, -0.25) is 4.79 Å². The minimum Gasteiger partial charge on any atom is -0.279 e. The van der Waals surface area contributed by atoms with Crippen molar-refractivity contribution in [2.75, 3.05) is 6.26 Å². The SMILES string of the molecule is CSC1=NC(=Cc2cccs2)C(=O)S1. The van der Waals surface area contributed by atoms with Crippen molar-refractivity contribution in [3.63, 3.8) is 0 Å². The number of hydrogen-bond donors (Lipinski definition) is 0. The van der Waals surface area contributed by atoms with Crippen molar-refractivity contribution < 1.29 is 4.79 Å². The van der Waals surface area contributed by atoms with Crippen LogP contribution in [0.4, 0.5) is 0 Å². The first-order valence-electron chi connectivity index (χ1n) is 3.89. The summed E-state index contributed by atoms with van der Waals surface area (Å²) in [6.45, 7) is 0. The average molecular weight is 241 g/mol. The van der Waals surface area contributed by atoms with Gasteiger partial charge in [-0.1, -0.05) is 6.07 Å². The first kappa shape index (κ1) is 10.0. The summed E-state index contributed by atoms with van der Waals surface area (Å²) >= 11 is 4.32. The Kier molecular flexibility index (Phi) is 3.10. The average Bonchev–Trinajstić information content (AvgIpc) is 2.78. The van der Waals surface area contributed by atoms with E-state index in [9.17, 15) is 4.79 Å². The molecule has 1 aliphatic rings. The Morgan fingerprint density at radius 1 is 1.57 bits per heavy atom. The van der Waals surface area contributed by atoms with E-state index in [0.717, 1.165) is 9.25 Å². The van der Waals surface area contributed by atoms with E-state index in [2.05, 4.69) is 4.99 Å². The lowest BCUT2D eigenvalue weighted by atomic mass is 10.4. The number of hydrogen-bond acceptors (Lipinski definition) is 5. The van der Waals surface area contributed by atoms with Crippen LogP contribution in [0.1, 0.15) is 4.88 Å². The van der Waals surface area contributed by atoms with Crippen molar-refractivity contribution in [2.45, 2.75) is 0 Å². The van der Waals surface area contributed by atoms with E-state index in [1.165, 1.54) is 23.5 Å². The third kappa shape index (κ3) is 2.10. The Hall–Kier alpha value is -0.520. The Bertz CT molecular complexity index is 406. The zero-order chi connectivity index (χ0) is 9.97. The first-order chi connectivity index (χ1) is 6.79. The molecule has 2 nitrogen and oxygen atoms in total. The molecule has 5 heteroatoms. The fourth-order valence-electron chi connectivity index (χ4n) is 0.985. The highest BCUT2D eigenvalue weighted by Gasteiger charge is 2.21. The predicted octanol–water partition coefficient (Wildman–Crippen LogP) is 3.08. The van der Waals surface area contributed by atoms with E-state index >= 15 is 0 Å². The van der Waals surface area contributed by atoms with Crippen LogP contribution in [-0.2, 0) is 4.79 Å². The van der Waals surface area contributed by atoms with Gasteiger partial charge in [-0.15, -0.1) is 23.1 Å². The molecule has 72 valence electrons. The van der Waals surface area contributed by atoms with E-state index in [1.54, 1.807) is 11.3 Å². The number of carbonyl (C=O) groups excluding carboxylic acids is 1. The van der Waals surface area contributed by atoms with Crippen LogP contribution in [0.3, 0.4) is 0 Å². The fraction of sp³-hybridized carbons (Fsp3) is 0.111. The number of nitrogens with zero attached hydrogens (tertiary/aromatic N) is 1. The molecule has 0 atom stereocenters. The van der Waals surface area contributed by atoms with Gasteiger partial charge in [0.25, 0.3) is 0 Å². The smallest absolute Gasteiger partial charge is 0.244 e. The molecule has 1 aromatic rings. The maximum absolute atomic E-state index is 11.4. The van der Waals surface area contributed by atoms with Crippen LogP contribution in [0.2, 0.25) is 0 Å². The molecule has 1 aromatic heterocycles. The lowest BCUT2D eigenvalue weighted by Gasteiger charge is -1.86. The molecule has 0 fully saturated rings. The lowest BCUT2D eigenvalue weighted by molar-refractivity contribution is -0.107. The van der Waals surface area contributed by atoms with Crippen LogP contribution >= 0.6 is 34.9 Å². The molecule has 0 bridgehead atoms. The number of rotatable bonds is 1. The number of thiophene rings is 1. The summed E-state index contributed by atoms with van der Waals surface area (Å²) < 4.78 is 0.831. The van der Waals surface area contributed by atoms with Crippen molar-refractivity contribution >= 4 is 50.4 Å². The minimum absolute atomic E-state index is 0.0442. The highest BCUT2D eigenvalue weighted by atomic mass is 32.2. The molecule has 1 aliphatic heterocycles. The van der Waals surface area contributed by atoms with Crippen molar-refractivity contribution in [1.82, 2.24) is 0 Å². The van der Waals surface area contributed by atoms with Crippen LogP contribution in [0.5, 0.6) is 0 Å². The van der Waals surface area contributed by atoms with E-state index in [0.29, 0.717) is 5.70 Å².